The standard InChI is InChI=1S/C28H26FNO6/c29-26-23(30-27(32)20-13-7-8-14-21(20)28(30)33)25(35-17-19-11-5-2-6-12-19)24(22(15-31)36-26)34-16-18-9-3-1-4-10-18/h1-14,22-26,31H,15-17H2/t22-,23-,24-,25-,26-/m1/s1. The van der Waals surface area contributed by atoms with Crippen LogP contribution >= 0.6 is 0 Å². The van der Waals surface area contributed by atoms with Gasteiger partial charge in [0.1, 0.15) is 24.4 Å². The maximum absolute atomic E-state index is 15.6. The van der Waals surface area contributed by atoms with Crippen molar-refractivity contribution in [2.75, 3.05) is 6.61 Å². The Morgan fingerprint density at radius 2 is 1.22 bits per heavy atom. The van der Waals surface area contributed by atoms with Gasteiger partial charge in [0.2, 0.25) is 6.36 Å². The van der Waals surface area contributed by atoms with Crippen LogP contribution in [0, 0.1) is 0 Å². The molecule has 2 amide bonds. The van der Waals surface area contributed by atoms with E-state index in [-0.39, 0.29) is 24.3 Å². The van der Waals surface area contributed by atoms with E-state index in [1.165, 1.54) is 12.1 Å². The number of imide groups is 1. The van der Waals surface area contributed by atoms with Crippen LogP contribution in [0.5, 0.6) is 0 Å². The third-order valence-electron chi connectivity index (χ3n) is 6.47. The van der Waals surface area contributed by atoms with Crippen molar-refractivity contribution < 1.29 is 33.3 Å². The molecule has 3 aromatic carbocycles. The van der Waals surface area contributed by atoms with Crippen molar-refractivity contribution in [1.29, 1.82) is 0 Å². The zero-order valence-electron chi connectivity index (χ0n) is 19.4. The zero-order valence-corrected chi connectivity index (χ0v) is 19.4. The predicted molar refractivity (Wildman–Crippen MR) is 128 cm³/mol. The van der Waals surface area contributed by atoms with Gasteiger partial charge in [0.15, 0.2) is 0 Å². The summed E-state index contributed by atoms with van der Waals surface area (Å²) >= 11 is 0. The molecule has 0 aromatic heterocycles. The molecule has 8 heteroatoms. The molecule has 5 atom stereocenters. The Labute approximate surface area is 208 Å². The van der Waals surface area contributed by atoms with Crippen molar-refractivity contribution >= 4 is 11.8 Å². The van der Waals surface area contributed by atoms with Gasteiger partial charge < -0.3 is 19.3 Å². The van der Waals surface area contributed by atoms with Crippen LogP contribution < -0.4 is 0 Å². The molecular formula is C28H26FNO6. The van der Waals surface area contributed by atoms with Crippen LogP contribution in [0.15, 0.2) is 84.9 Å². The van der Waals surface area contributed by atoms with Gasteiger partial charge in [0.05, 0.1) is 30.9 Å². The Morgan fingerprint density at radius 3 is 1.72 bits per heavy atom. The summed E-state index contributed by atoms with van der Waals surface area (Å²) in [6.45, 7) is -0.302. The summed E-state index contributed by atoms with van der Waals surface area (Å²) in [5, 5.41) is 10.0. The summed E-state index contributed by atoms with van der Waals surface area (Å²) in [5.74, 6) is -1.24. The molecule has 0 unspecified atom stereocenters. The minimum Gasteiger partial charge on any atom is -0.394 e. The van der Waals surface area contributed by atoms with Crippen molar-refractivity contribution in [2.45, 2.75) is 43.9 Å². The van der Waals surface area contributed by atoms with Crippen LogP contribution in [0.3, 0.4) is 0 Å². The number of aliphatic hydroxyl groups is 1. The first-order valence-corrected chi connectivity index (χ1v) is 11.8. The van der Waals surface area contributed by atoms with Crippen molar-refractivity contribution in [1.82, 2.24) is 4.90 Å². The second-order valence-corrected chi connectivity index (χ2v) is 8.75. The molecule has 2 aliphatic heterocycles. The number of hydrogen-bond acceptors (Lipinski definition) is 6. The summed E-state index contributed by atoms with van der Waals surface area (Å²) in [5.41, 5.74) is 2.07. The minimum atomic E-state index is -2.08. The zero-order chi connectivity index (χ0) is 25.1. The highest BCUT2D eigenvalue weighted by Crippen LogP contribution is 2.35. The van der Waals surface area contributed by atoms with Gasteiger partial charge in [-0.1, -0.05) is 72.8 Å². The summed E-state index contributed by atoms with van der Waals surface area (Å²) < 4.78 is 33.4. The second kappa shape index (κ2) is 10.7. The van der Waals surface area contributed by atoms with Crippen molar-refractivity contribution in [3.05, 3.63) is 107 Å². The first kappa shape index (κ1) is 24.3. The van der Waals surface area contributed by atoms with Crippen molar-refractivity contribution in [3.63, 3.8) is 0 Å². The molecule has 1 fully saturated rings. The van der Waals surface area contributed by atoms with E-state index in [4.69, 9.17) is 14.2 Å². The Kier molecular flexibility index (Phi) is 7.20. The quantitative estimate of drug-likeness (QED) is 0.486. The normalized spacial score (nSPS) is 25.7. The van der Waals surface area contributed by atoms with E-state index in [1.807, 2.05) is 60.7 Å². The molecule has 0 saturated carbocycles. The van der Waals surface area contributed by atoms with Gasteiger partial charge in [-0.3, -0.25) is 14.5 Å². The number of aliphatic hydroxyl groups excluding tert-OH is 1. The highest BCUT2D eigenvalue weighted by molar-refractivity contribution is 6.21. The van der Waals surface area contributed by atoms with Gasteiger partial charge in [-0.05, 0) is 23.3 Å². The number of alkyl halides is 1. The molecule has 0 aliphatic carbocycles. The highest BCUT2D eigenvalue weighted by atomic mass is 19.1. The fourth-order valence-electron chi connectivity index (χ4n) is 4.70. The first-order chi connectivity index (χ1) is 17.6. The number of benzene rings is 3. The molecule has 3 aromatic rings. The number of fused-ring (bicyclic) bond motifs is 1. The molecule has 7 nitrogen and oxygen atoms in total. The van der Waals surface area contributed by atoms with Gasteiger partial charge in [-0.15, -0.1) is 0 Å². The molecule has 0 radical (unpaired) electrons. The van der Waals surface area contributed by atoms with E-state index in [0.29, 0.717) is 0 Å². The van der Waals surface area contributed by atoms with Crippen LogP contribution in [0.4, 0.5) is 4.39 Å². The van der Waals surface area contributed by atoms with E-state index in [2.05, 4.69) is 0 Å². The monoisotopic (exact) mass is 491 g/mol. The lowest BCUT2D eigenvalue weighted by atomic mass is 9.95. The lowest BCUT2D eigenvalue weighted by molar-refractivity contribution is -0.263. The number of nitrogens with zero attached hydrogens (tertiary/aromatic N) is 1. The number of carbonyl (C=O) groups excluding carboxylic acids is 2. The van der Waals surface area contributed by atoms with Crippen molar-refractivity contribution in [3.8, 4) is 0 Å². The Hall–Kier alpha value is -3.43. The van der Waals surface area contributed by atoms with Crippen LogP contribution in [0.2, 0.25) is 0 Å². The lowest BCUT2D eigenvalue weighted by Gasteiger charge is -2.45. The molecule has 1 saturated heterocycles. The lowest BCUT2D eigenvalue weighted by Crippen LogP contribution is -2.65. The fraction of sp³-hybridized carbons (Fsp3) is 0.286. The number of rotatable bonds is 8. The van der Waals surface area contributed by atoms with Gasteiger partial charge in [-0.25, -0.2) is 4.39 Å². The topological polar surface area (TPSA) is 85.3 Å². The maximum Gasteiger partial charge on any atom is 0.262 e. The van der Waals surface area contributed by atoms with Crippen LogP contribution in [-0.4, -0.2) is 59.1 Å². The van der Waals surface area contributed by atoms with Crippen LogP contribution in [0.25, 0.3) is 0 Å². The van der Waals surface area contributed by atoms with E-state index in [9.17, 15) is 14.7 Å². The van der Waals surface area contributed by atoms with E-state index in [1.54, 1.807) is 12.1 Å². The molecule has 36 heavy (non-hydrogen) atoms. The number of amides is 2. The molecule has 5 rings (SSSR count). The van der Waals surface area contributed by atoms with Gasteiger partial charge >= 0.3 is 0 Å². The first-order valence-electron chi connectivity index (χ1n) is 11.8. The molecule has 2 heterocycles. The number of ether oxygens (including phenoxy) is 3. The van der Waals surface area contributed by atoms with Gasteiger partial charge in [-0.2, -0.15) is 0 Å². The summed E-state index contributed by atoms with van der Waals surface area (Å²) in [6, 6.07) is 23.6. The Morgan fingerprint density at radius 1 is 0.750 bits per heavy atom. The number of carbonyl (C=O) groups is 2. The summed E-state index contributed by atoms with van der Waals surface area (Å²) in [7, 11) is 0. The van der Waals surface area contributed by atoms with Crippen molar-refractivity contribution in [2.24, 2.45) is 0 Å². The summed E-state index contributed by atoms with van der Waals surface area (Å²) in [6.07, 6.45) is -5.20. The molecular weight excluding hydrogens is 465 g/mol. The smallest absolute Gasteiger partial charge is 0.262 e. The molecule has 0 bridgehead atoms. The van der Waals surface area contributed by atoms with Gasteiger partial charge in [0, 0.05) is 0 Å². The third kappa shape index (κ3) is 4.68. The largest absolute Gasteiger partial charge is 0.394 e. The highest BCUT2D eigenvalue weighted by Gasteiger charge is 2.55. The molecule has 0 spiro atoms. The van der Waals surface area contributed by atoms with Gasteiger partial charge in [0.25, 0.3) is 11.8 Å². The molecule has 2 aliphatic rings. The number of halogens is 1. The van der Waals surface area contributed by atoms with Crippen LogP contribution in [-0.2, 0) is 27.4 Å². The molecule has 186 valence electrons. The van der Waals surface area contributed by atoms with E-state index >= 15 is 4.39 Å². The SMILES string of the molecule is O=C1c2ccccc2C(=O)N1[C@@H]1[C@@H](OCc2ccccc2)[C@H](OCc2ccccc2)[C@@H](CO)O[C@H]1F. The van der Waals surface area contributed by atoms with E-state index < -0.39 is 49.1 Å². The number of hydrogen-bond donors (Lipinski definition) is 1. The Bertz CT molecular complexity index is 1170. The van der Waals surface area contributed by atoms with Crippen LogP contribution in [0.1, 0.15) is 31.8 Å². The predicted octanol–water partition coefficient (Wildman–Crippen LogP) is 3.51. The molecule has 1 N–H and O–H groups in total. The summed E-state index contributed by atoms with van der Waals surface area (Å²) in [4.78, 5) is 27.4. The average Bonchev–Trinajstić information content (AvgIpc) is 3.17. The Balaban J connectivity index is 1.48. The fourth-order valence-corrected chi connectivity index (χ4v) is 4.70. The third-order valence-corrected chi connectivity index (χ3v) is 6.47. The average molecular weight is 492 g/mol. The van der Waals surface area contributed by atoms with E-state index in [0.717, 1.165) is 16.0 Å². The minimum absolute atomic E-state index is 0.0846. The second-order valence-electron chi connectivity index (χ2n) is 8.75. The maximum atomic E-state index is 15.6.